The lowest BCUT2D eigenvalue weighted by molar-refractivity contribution is 0.0321. The molecule has 2 aliphatic rings. The summed E-state index contributed by atoms with van der Waals surface area (Å²) in [6.45, 7) is 3.83. The number of morpholine rings is 1. The maximum Gasteiger partial charge on any atom is 0.279 e. The van der Waals surface area contributed by atoms with Gasteiger partial charge in [-0.3, -0.25) is 0 Å². The van der Waals surface area contributed by atoms with Crippen LogP contribution in [0.4, 0.5) is 0 Å². The van der Waals surface area contributed by atoms with Crippen LogP contribution in [0.2, 0.25) is 0 Å². The predicted octanol–water partition coefficient (Wildman–Crippen LogP) is -0.705. The quantitative estimate of drug-likeness (QED) is 0.703. The van der Waals surface area contributed by atoms with Crippen LogP contribution in [0.25, 0.3) is 0 Å². The molecular formula is C10H21N3O3S. The summed E-state index contributed by atoms with van der Waals surface area (Å²) in [5.74, 6) is 0. The molecule has 2 rings (SSSR count). The average Bonchev–Trinajstić information content (AvgIpc) is 2.39. The lowest BCUT2D eigenvalue weighted by atomic mass is 10.2. The summed E-state index contributed by atoms with van der Waals surface area (Å²) in [4.78, 5) is 0. The molecule has 0 radical (unpaired) electrons. The van der Waals surface area contributed by atoms with Crippen molar-refractivity contribution in [3.63, 3.8) is 0 Å². The van der Waals surface area contributed by atoms with E-state index in [1.54, 1.807) is 0 Å². The van der Waals surface area contributed by atoms with Crippen molar-refractivity contribution in [3.05, 3.63) is 0 Å². The first kappa shape index (κ1) is 13.2. The van der Waals surface area contributed by atoms with E-state index >= 15 is 0 Å². The second kappa shape index (κ2) is 6.10. The molecule has 0 amide bonds. The third-order valence-electron chi connectivity index (χ3n) is 3.15. The Balaban J connectivity index is 1.79. The van der Waals surface area contributed by atoms with Crippen molar-refractivity contribution in [1.29, 1.82) is 0 Å². The van der Waals surface area contributed by atoms with Gasteiger partial charge in [0.05, 0.1) is 12.7 Å². The summed E-state index contributed by atoms with van der Waals surface area (Å²) in [6.07, 6.45) is 3.00. The lowest BCUT2D eigenvalue weighted by Crippen LogP contribution is -2.49. The van der Waals surface area contributed by atoms with Crippen LogP contribution < -0.4 is 10.0 Å². The molecule has 2 N–H and O–H groups in total. The predicted molar refractivity (Wildman–Crippen MR) is 65.0 cm³/mol. The highest BCUT2D eigenvalue weighted by atomic mass is 32.2. The molecule has 1 atom stereocenters. The number of hydrogen-bond donors (Lipinski definition) is 2. The Morgan fingerprint density at radius 2 is 2.06 bits per heavy atom. The van der Waals surface area contributed by atoms with E-state index in [0.717, 1.165) is 25.8 Å². The van der Waals surface area contributed by atoms with Gasteiger partial charge in [0.1, 0.15) is 0 Å². The van der Waals surface area contributed by atoms with Gasteiger partial charge in [0, 0.05) is 32.7 Å². The number of piperidine rings is 1. The van der Waals surface area contributed by atoms with Gasteiger partial charge < -0.3 is 10.1 Å². The minimum atomic E-state index is -3.31. The van der Waals surface area contributed by atoms with Crippen LogP contribution >= 0.6 is 0 Å². The van der Waals surface area contributed by atoms with E-state index in [9.17, 15) is 8.42 Å². The molecule has 2 fully saturated rings. The fraction of sp³-hybridized carbons (Fsp3) is 1.00. The van der Waals surface area contributed by atoms with Gasteiger partial charge in [-0.2, -0.15) is 17.4 Å². The van der Waals surface area contributed by atoms with Gasteiger partial charge in [0.2, 0.25) is 0 Å². The maximum atomic E-state index is 12.0. The van der Waals surface area contributed by atoms with Crippen molar-refractivity contribution in [3.8, 4) is 0 Å². The standard InChI is InChI=1S/C10H21N3O3S/c14-17(15,13-5-2-1-3-6-13)12-9-10-8-11-4-7-16-10/h10-12H,1-9H2. The summed E-state index contributed by atoms with van der Waals surface area (Å²) < 4.78 is 33.6. The molecule has 2 heterocycles. The van der Waals surface area contributed by atoms with Gasteiger partial charge in [0.25, 0.3) is 10.2 Å². The van der Waals surface area contributed by atoms with Gasteiger partial charge in [-0.1, -0.05) is 6.42 Å². The zero-order valence-corrected chi connectivity index (χ0v) is 10.8. The number of hydrogen-bond acceptors (Lipinski definition) is 4. The fourth-order valence-electron chi connectivity index (χ4n) is 2.15. The third kappa shape index (κ3) is 3.89. The largest absolute Gasteiger partial charge is 0.374 e. The summed E-state index contributed by atoms with van der Waals surface area (Å²) in [6, 6.07) is 0. The molecule has 17 heavy (non-hydrogen) atoms. The molecule has 2 aliphatic heterocycles. The molecule has 0 saturated carbocycles. The zero-order chi connectivity index (χ0) is 12.1. The molecule has 1 unspecified atom stereocenters. The maximum absolute atomic E-state index is 12.0. The van der Waals surface area contributed by atoms with Crippen LogP contribution in [0.5, 0.6) is 0 Å². The highest BCUT2D eigenvalue weighted by Crippen LogP contribution is 2.11. The summed E-state index contributed by atoms with van der Waals surface area (Å²) >= 11 is 0. The Bertz CT molecular complexity index is 322. The lowest BCUT2D eigenvalue weighted by Gasteiger charge is -2.28. The molecule has 100 valence electrons. The van der Waals surface area contributed by atoms with Gasteiger partial charge in [-0.05, 0) is 12.8 Å². The summed E-state index contributed by atoms with van der Waals surface area (Å²) in [5, 5.41) is 3.18. The molecule has 0 spiro atoms. The second-order valence-corrected chi connectivity index (χ2v) is 6.27. The van der Waals surface area contributed by atoms with Crippen molar-refractivity contribution in [2.45, 2.75) is 25.4 Å². The van der Waals surface area contributed by atoms with E-state index < -0.39 is 10.2 Å². The first-order chi connectivity index (χ1) is 8.18. The van der Waals surface area contributed by atoms with Crippen LogP contribution in [0.1, 0.15) is 19.3 Å². The topological polar surface area (TPSA) is 70.7 Å². The number of rotatable bonds is 4. The van der Waals surface area contributed by atoms with Gasteiger partial charge in [-0.25, -0.2) is 0 Å². The van der Waals surface area contributed by atoms with E-state index in [-0.39, 0.29) is 6.10 Å². The Labute approximate surface area is 103 Å². The molecule has 2 saturated heterocycles. The Hall–Kier alpha value is -0.210. The van der Waals surface area contributed by atoms with Crippen molar-refractivity contribution in [2.75, 3.05) is 39.3 Å². The van der Waals surface area contributed by atoms with E-state index in [1.165, 1.54) is 4.31 Å². The second-order valence-electron chi connectivity index (χ2n) is 4.51. The molecular weight excluding hydrogens is 242 g/mol. The molecule has 6 nitrogen and oxygen atoms in total. The SMILES string of the molecule is O=S(=O)(NCC1CNCCO1)N1CCCCC1. The monoisotopic (exact) mass is 263 g/mol. The van der Waals surface area contributed by atoms with Gasteiger partial charge >= 0.3 is 0 Å². The minimum absolute atomic E-state index is 0.0525. The van der Waals surface area contributed by atoms with E-state index in [0.29, 0.717) is 32.8 Å². The molecule has 0 bridgehead atoms. The Morgan fingerprint density at radius 3 is 2.71 bits per heavy atom. The average molecular weight is 263 g/mol. The molecule has 0 aliphatic carbocycles. The number of ether oxygens (including phenoxy) is 1. The number of nitrogens with one attached hydrogen (secondary N) is 2. The van der Waals surface area contributed by atoms with Gasteiger partial charge in [-0.15, -0.1) is 0 Å². The molecule has 0 aromatic carbocycles. The Morgan fingerprint density at radius 1 is 1.29 bits per heavy atom. The van der Waals surface area contributed by atoms with Crippen LogP contribution in [0.3, 0.4) is 0 Å². The van der Waals surface area contributed by atoms with E-state index in [1.807, 2.05) is 0 Å². The first-order valence-corrected chi connectivity index (χ1v) is 7.69. The van der Waals surface area contributed by atoms with Crippen molar-refractivity contribution in [1.82, 2.24) is 14.3 Å². The van der Waals surface area contributed by atoms with E-state index in [4.69, 9.17) is 4.74 Å². The fourth-order valence-corrected chi connectivity index (χ4v) is 3.46. The van der Waals surface area contributed by atoms with Crippen molar-refractivity contribution in [2.24, 2.45) is 0 Å². The van der Waals surface area contributed by atoms with E-state index in [2.05, 4.69) is 10.0 Å². The number of nitrogens with zero attached hydrogens (tertiary/aromatic N) is 1. The highest BCUT2D eigenvalue weighted by molar-refractivity contribution is 7.87. The zero-order valence-electron chi connectivity index (χ0n) is 10.0. The third-order valence-corrected chi connectivity index (χ3v) is 4.73. The van der Waals surface area contributed by atoms with Crippen molar-refractivity contribution >= 4 is 10.2 Å². The van der Waals surface area contributed by atoms with Crippen LogP contribution in [0, 0.1) is 0 Å². The van der Waals surface area contributed by atoms with Crippen molar-refractivity contribution < 1.29 is 13.2 Å². The highest BCUT2D eigenvalue weighted by Gasteiger charge is 2.25. The van der Waals surface area contributed by atoms with Crippen LogP contribution in [-0.4, -0.2) is 58.2 Å². The van der Waals surface area contributed by atoms with Gasteiger partial charge in [0.15, 0.2) is 0 Å². The summed E-state index contributed by atoms with van der Waals surface area (Å²) in [5.41, 5.74) is 0. The van der Waals surface area contributed by atoms with Crippen LogP contribution in [-0.2, 0) is 14.9 Å². The molecule has 0 aromatic heterocycles. The molecule has 7 heteroatoms. The minimum Gasteiger partial charge on any atom is -0.374 e. The first-order valence-electron chi connectivity index (χ1n) is 6.25. The smallest absolute Gasteiger partial charge is 0.279 e. The van der Waals surface area contributed by atoms with Crippen LogP contribution in [0.15, 0.2) is 0 Å². The normalized spacial score (nSPS) is 28.1. The summed E-state index contributed by atoms with van der Waals surface area (Å²) in [7, 11) is -3.31. The molecule has 0 aromatic rings. The Kier molecular flexibility index (Phi) is 4.75.